The van der Waals surface area contributed by atoms with Crippen LogP contribution in [0.1, 0.15) is 26.3 Å². The third-order valence-corrected chi connectivity index (χ3v) is 1.90. The summed E-state index contributed by atoms with van der Waals surface area (Å²) in [6.45, 7) is 0. The molecule has 0 atom stereocenters. The van der Waals surface area contributed by atoms with Gasteiger partial charge < -0.3 is 10.2 Å². The monoisotopic (exact) mass is 249 g/mol. The molecule has 0 heterocycles. The Morgan fingerprint density at radius 3 is 1.82 bits per heavy atom. The van der Waals surface area contributed by atoms with E-state index < -0.39 is 40.6 Å². The summed E-state index contributed by atoms with van der Waals surface area (Å²) in [4.78, 5) is 21.2. The van der Waals surface area contributed by atoms with Gasteiger partial charge in [0.25, 0.3) is 0 Å². The Bertz CT molecular complexity index is 492. The first-order valence-corrected chi connectivity index (χ1v) is 4.04. The molecule has 1 aromatic rings. The number of carbonyl (C=O) groups is 2. The first-order valence-electron chi connectivity index (χ1n) is 4.04. The largest absolute Gasteiger partial charge is 0.478 e. The lowest BCUT2D eigenvalue weighted by Crippen LogP contribution is -2.17. The summed E-state index contributed by atoms with van der Waals surface area (Å²) in [6, 6.07) is 0.622. The molecule has 0 aliphatic carbocycles. The number of hydrogen-bond acceptors (Lipinski definition) is 2. The molecule has 1 radical (unpaired) electrons. The fraction of sp³-hybridized carbons (Fsp3) is 0.111. The highest BCUT2D eigenvalue weighted by Gasteiger charge is 2.39. The number of carboxylic acids is 2. The Balaban J connectivity index is 3.72. The first kappa shape index (κ1) is 12.8. The summed E-state index contributed by atoms with van der Waals surface area (Å²) < 4.78 is 37.3. The van der Waals surface area contributed by atoms with Gasteiger partial charge in [-0.05, 0) is 12.1 Å². The van der Waals surface area contributed by atoms with Crippen molar-refractivity contribution < 1.29 is 38.1 Å². The maximum absolute atomic E-state index is 12.4. The SMILES string of the molecule is [O]c1ccc(C(F)(F)F)c(C(=O)O)c1C(=O)O. The number of halogens is 3. The topological polar surface area (TPSA) is 94.5 Å². The third kappa shape index (κ3) is 2.30. The quantitative estimate of drug-likeness (QED) is 0.840. The van der Waals surface area contributed by atoms with Crippen LogP contribution in [0.3, 0.4) is 0 Å². The molecule has 1 aromatic carbocycles. The third-order valence-electron chi connectivity index (χ3n) is 1.90. The second-order valence-corrected chi connectivity index (χ2v) is 2.97. The van der Waals surface area contributed by atoms with Gasteiger partial charge in [0, 0.05) is 0 Å². The predicted octanol–water partition coefficient (Wildman–Crippen LogP) is 2.25. The fourth-order valence-electron chi connectivity index (χ4n) is 1.25. The van der Waals surface area contributed by atoms with Crippen LogP contribution >= 0.6 is 0 Å². The summed E-state index contributed by atoms with van der Waals surface area (Å²) in [5, 5.41) is 28.2. The van der Waals surface area contributed by atoms with Crippen molar-refractivity contribution in [1.29, 1.82) is 0 Å². The molecule has 0 aliphatic rings. The van der Waals surface area contributed by atoms with Crippen molar-refractivity contribution in [3.8, 4) is 5.75 Å². The van der Waals surface area contributed by atoms with Crippen LogP contribution < -0.4 is 0 Å². The van der Waals surface area contributed by atoms with E-state index in [0.717, 1.165) is 0 Å². The van der Waals surface area contributed by atoms with Crippen LogP contribution in [-0.4, -0.2) is 22.2 Å². The summed E-state index contributed by atoms with van der Waals surface area (Å²) in [6.07, 6.45) is -5.05. The maximum Gasteiger partial charge on any atom is 0.417 e. The molecule has 0 aromatic heterocycles. The minimum atomic E-state index is -5.05. The zero-order valence-corrected chi connectivity index (χ0v) is 7.91. The molecule has 0 saturated carbocycles. The highest BCUT2D eigenvalue weighted by atomic mass is 19.4. The van der Waals surface area contributed by atoms with Crippen LogP contribution in [0.5, 0.6) is 5.75 Å². The number of rotatable bonds is 2. The maximum atomic E-state index is 12.4. The highest BCUT2D eigenvalue weighted by Crippen LogP contribution is 2.36. The van der Waals surface area contributed by atoms with Gasteiger partial charge in [0.15, 0.2) is 5.75 Å². The van der Waals surface area contributed by atoms with Crippen molar-refractivity contribution in [2.24, 2.45) is 0 Å². The van der Waals surface area contributed by atoms with Crippen LogP contribution in [0.2, 0.25) is 0 Å². The molecule has 0 amide bonds. The van der Waals surface area contributed by atoms with Gasteiger partial charge in [-0.3, -0.25) is 5.11 Å². The molecule has 0 saturated heterocycles. The Kier molecular flexibility index (Phi) is 2.99. The first-order chi connectivity index (χ1) is 7.66. The van der Waals surface area contributed by atoms with Crippen LogP contribution in [0.15, 0.2) is 12.1 Å². The number of alkyl halides is 3. The minimum Gasteiger partial charge on any atom is -0.478 e. The molecule has 0 fully saturated rings. The zero-order chi connectivity index (χ0) is 13.4. The lowest BCUT2D eigenvalue weighted by atomic mass is 9.99. The van der Waals surface area contributed by atoms with Crippen molar-refractivity contribution >= 4 is 11.9 Å². The van der Waals surface area contributed by atoms with Crippen molar-refractivity contribution in [2.75, 3.05) is 0 Å². The lowest BCUT2D eigenvalue weighted by Gasteiger charge is -2.12. The van der Waals surface area contributed by atoms with Gasteiger partial charge in [0.05, 0.1) is 11.1 Å². The van der Waals surface area contributed by atoms with E-state index in [0.29, 0.717) is 6.07 Å². The number of hydrogen-bond donors (Lipinski definition) is 2. The van der Waals surface area contributed by atoms with Gasteiger partial charge in [0.1, 0.15) is 5.56 Å². The second-order valence-electron chi connectivity index (χ2n) is 2.97. The van der Waals surface area contributed by atoms with E-state index in [1.165, 1.54) is 0 Å². The highest BCUT2D eigenvalue weighted by molar-refractivity contribution is 6.04. The molecule has 0 spiro atoms. The molecule has 0 bridgehead atoms. The summed E-state index contributed by atoms with van der Waals surface area (Å²) in [5.74, 6) is -5.42. The smallest absolute Gasteiger partial charge is 0.417 e. The van der Waals surface area contributed by atoms with Gasteiger partial charge in [-0.1, -0.05) is 0 Å². The predicted molar refractivity (Wildman–Crippen MR) is 45.5 cm³/mol. The van der Waals surface area contributed by atoms with E-state index in [9.17, 15) is 27.9 Å². The zero-order valence-electron chi connectivity index (χ0n) is 7.91. The van der Waals surface area contributed by atoms with Crippen molar-refractivity contribution in [1.82, 2.24) is 0 Å². The molecule has 5 nitrogen and oxygen atoms in total. The molecule has 1 rings (SSSR count). The van der Waals surface area contributed by atoms with E-state index in [1.54, 1.807) is 0 Å². The fourth-order valence-corrected chi connectivity index (χ4v) is 1.25. The molecular formula is C9H4F3O5. The van der Waals surface area contributed by atoms with Crippen molar-refractivity contribution in [3.63, 3.8) is 0 Å². The van der Waals surface area contributed by atoms with Gasteiger partial charge in [-0.25, -0.2) is 9.59 Å². The van der Waals surface area contributed by atoms with Gasteiger partial charge in [-0.15, -0.1) is 0 Å². The molecule has 0 aliphatic heterocycles. The van der Waals surface area contributed by atoms with Crippen molar-refractivity contribution in [2.45, 2.75) is 6.18 Å². The van der Waals surface area contributed by atoms with Crippen molar-refractivity contribution in [3.05, 3.63) is 28.8 Å². The Morgan fingerprint density at radius 1 is 1.00 bits per heavy atom. The molecular weight excluding hydrogens is 245 g/mol. The minimum absolute atomic E-state index is 0.248. The Labute approximate surface area is 91.7 Å². The second kappa shape index (κ2) is 3.96. The van der Waals surface area contributed by atoms with E-state index >= 15 is 0 Å². The number of carboxylic acid groups (broad SMARTS) is 2. The van der Waals surface area contributed by atoms with Crippen LogP contribution in [0.4, 0.5) is 13.2 Å². The van der Waals surface area contributed by atoms with Crippen LogP contribution in [-0.2, 0) is 11.3 Å². The van der Waals surface area contributed by atoms with Gasteiger partial charge in [-0.2, -0.15) is 13.2 Å². The lowest BCUT2D eigenvalue weighted by molar-refractivity contribution is -0.138. The summed E-state index contributed by atoms with van der Waals surface area (Å²) in [5.41, 5.74) is -4.60. The number of benzene rings is 1. The van der Waals surface area contributed by atoms with E-state index in [4.69, 9.17) is 10.2 Å². The average molecular weight is 249 g/mol. The van der Waals surface area contributed by atoms with Gasteiger partial charge >= 0.3 is 18.1 Å². The average Bonchev–Trinajstić information content (AvgIpc) is 2.14. The molecule has 91 valence electrons. The summed E-state index contributed by atoms with van der Waals surface area (Å²) in [7, 11) is 0. The van der Waals surface area contributed by atoms with E-state index in [1.807, 2.05) is 0 Å². The molecule has 2 N–H and O–H groups in total. The van der Waals surface area contributed by atoms with Crippen LogP contribution in [0, 0.1) is 0 Å². The van der Waals surface area contributed by atoms with E-state index in [-0.39, 0.29) is 6.07 Å². The molecule has 0 unspecified atom stereocenters. The standard InChI is InChI=1S/C9H4F3O5/c10-9(11,12)3-1-2-4(13)6(8(16)17)5(3)7(14)15/h1-2H,(H,14,15)(H,16,17). The molecule has 8 heteroatoms. The summed E-state index contributed by atoms with van der Waals surface area (Å²) >= 11 is 0. The van der Waals surface area contributed by atoms with E-state index in [2.05, 4.69) is 0 Å². The Morgan fingerprint density at radius 2 is 1.47 bits per heavy atom. The van der Waals surface area contributed by atoms with Gasteiger partial charge in [0.2, 0.25) is 0 Å². The van der Waals surface area contributed by atoms with Crippen LogP contribution in [0.25, 0.3) is 0 Å². The molecule has 17 heavy (non-hydrogen) atoms. The number of aromatic carboxylic acids is 2. The normalized spacial score (nSPS) is 11.2. The Hall–Kier alpha value is -2.25.